The van der Waals surface area contributed by atoms with E-state index in [-0.39, 0.29) is 5.91 Å². The van der Waals surface area contributed by atoms with Crippen molar-refractivity contribution in [1.29, 1.82) is 0 Å². The van der Waals surface area contributed by atoms with Gasteiger partial charge in [-0.25, -0.2) is 0 Å². The Morgan fingerprint density at radius 1 is 1.33 bits per heavy atom. The maximum atomic E-state index is 12.7. The summed E-state index contributed by atoms with van der Waals surface area (Å²) in [5.74, 6) is 1.81. The Kier molecular flexibility index (Phi) is 7.33. The Labute approximate surface area is 164 Å². The van der Waals surface area contributed by atoms with Gasteiger partial charge in [-0.05, 0) is 75.6 Å². The molecule has 0 aromatic heterocycles. The first-order chi connectivity index (χ1) is 13.2. The maximum absolute atomic E-state index is 12.7. The summed E-state index contributed by atoms with van der Waals surface area (Å²) in [6.45, 7) is 7.18. The molecule has 0 saturated carbocycles. The van der Waals surface area contributed by atoms with Crippen molar-refractivity contribution in [2.24, 2.45) is 5.92 Å². The number of rotatable bonds is 8. The van der Waals surface area contributed by atoms with Gasteiger partial charge >= 0.3 is 0 Å². The van der Waals surface area contributed by atoms with Crippen molar-refractivity contribution in [3.05, 3.63) is 41.5 Å². The van der Waals surface area contributed by atoms with Crippen molar-refractivity contribution in [2.75, 3.05) is 39.8 Å². The van der Waals surface area contributed by atoms with Crippen LogP contribution in [0.5, 0.6) is 5.75 Å². The summed E-state index contributed by atoms with van der Waals surface area (Å²) in [4.78, 5) is 17.4. The zero-order valence-corrected chi connectivity index (χ0v) is 17.0. The van der Waals surface area contributed by atoms with E-state index in [0.717, 1.165) is 63.2 Å². The number of likely N-dealkylation sites (N-methyl/N-ethyl adjacent to an activating group) is 1. The minimum Gasteiger partial charge on any atom is -0.497 e. The number of benzene rings is 1. The molecule has 4 nitrogen and oxygen atoms in total. The van der Waals surface area contributed by atoms with E-state index in [4.69, 9.17) is 4.74 Å². The van der Waals surface area contributed by atoms with E-state index in [2.05, 4.69) is 41.0 Å². The molecule has 0 radical (unpaired) electrons. The lowest BCUT2D eigenvalue weighted by Gasteiger charge is -2.35. The molecular weight excluding hydrogens is 336 g/mol. The molecule has 1 heterocycles. The lowest BCUT2D eigenvalue weighted by Crippen LogP contribution is -2.43. The van der Waals surface area contributed by atoms with Gasteiger partial charge in [0, 0.05) is 31.8 Å². The third-order valence-corrected chi connectivity index (χ3v) is 5.92. The number of hydrogen-bond acceptors (Lipinski definition) is 3. The van der Waals surface area contributed by atoms with Crippen LogP contribution in [0, 0.1) is 5.92 Å². The molecule has 1 aliphatic carbocycles. The van der Waals surface area contributed by atoms with Gasteiger partial charge in [0.05, 0.1) is 7.11 Å². The summed E-state index contributed by atoms with van der Waals surface area (Å²) in [6.07, 6.45) is 8.84. The maximum Gasteiger partial charge on any atom is 0.249 e. The number of ether oxygens (including phenoxy) is 1. The molecule has 148 valence electrons. The van der Waals surface area contributed by atoms with Crippen LogP contribution in [-0.2, 0) is 11.2 Å². The molecule has 1 atom stereocenters. The highest BCUT2D eigenvalue weighted by molar-refractivity contribution is 5.93. The Morgan fingerprint density at radius 3 is 2.96 bits per heavy atom. The first-order valence-electron chi connectivity index (χ1n) is 10.5. The topological polar surface area (TPSA) is 32.8 Å². The standard InChI is InChI=1S/C23H34N2O2/c1-3-25(23(26)21-10-4-5-11-21)18-20-9-7-14-24(17-20)15-13-19-8-6-12-22(16-19)27-2/h6,8,10,12,16,20H,3-5,7,9,11,13-15,17-18H2,1-2H3/t20-/m1/s1. The van der Waals surface area contributed by atoms with Crippen LogP contribution >= 0.6 is 0 Å². The van der Waals surface area contributed by atoms with Gasteiger partial charge in [-0.2, -0.15) is 0 Å². The van der Waals surface area contributed by atoms with Crippen LogP contribution in [0.1, 0.15) is 44.6 Å². The molecule has 0 N–H and O–H groups in total. The quantitative estimate of drug-likeness (QED) is 0.696. The SMILES string of the molecule is CCN(C[C@@H]1CCCN(CCc2cccc(OC)c2)C1)C(=O)C1=CCCC1. The normalized spacial score (nSPS) is 20.4. The second kappa shape index (κ2) is 9.93. The number of carbonyl (C=O) groups is 1. The summed E-state index contributed by atoms with van der Waals surface area (Å²) in [5.41, 5.74) is 2.37. The van der Waals surface area contributed by atoms with E-state index < -0.39 is 0 Å². The number of amides is 1. The number of methoxy groups -OCH3 is 1. The second-order valence-electron chi connectivity index (χ2n) is 7.88. The molecule has 27 heavy (non-hydrogen) atoms. The molecule has 4 heteroatoms. The van der Waals surface area contributed by atoms with Gasteiger partial charge in [0.25, 0.3) is 0 Å². The van der Waals surface area contributed by atoms with E-state index >= 15 is 0 Å². The van der Waals surface area contributed by atoms with Crippen LogP contribution in [0.25, 0.3) is 0 Å². The van der Waals surface area contributed by atoms with E-state index in [1.807, 2.05) is 6.07 Å². The lowest BCUT2D eigenvalue weighted by molar-refractivity contribution is -0.127. The molecular formula is C23H34N2O2. The lowest BCUT2D eigenvalue weighted by atomic mass is 9.96. The highest BCUT2D eigenvalue weighted by Gasteiger charge is 2.25. The van der Waals surface area contributed by atoms with Gasteiger partial charge in [0.15, 0.2) is 0 Å². The monoisotopic (exact) mass is 370 g/mol. The van der Waals surface area contributed by atoms with E-state index in [1.54, 1.807) is 7.11 Å². The number of allylic oxidation sites excluding steroid dienone is 1. The zero-order chi connectivity index (χ0) is 19.1. The van der Waals surface area contributed by atoms with Crippen LogP contribution in [0.4, 0.5) is 0 Å². The van der Waals surface area contributed by atoms with Crippen molar-refractivity contribution in [3.63, 3.8) is 0 Å². The Hall–Kier alpha value is -1.81. The number of carbonyl (C=O) groups excluding carboxylic acids is 1. The average Bonchev–Trinajstić information content (AvgIpc) is 3.25. The van der Waals surface area contributed by atoms with E-state index in [9.17, 15) is 4.79 Å². The van der Waals surface area contributed by atoms with Crippen LogP contribution < -0.4 is 4.74 Å². The van der Waals surface area contributed by atoms with Crippen molar-refractivity contribution < 1.29 is 9.53 Å². The smallest absolute Gasteiger partial charge is 0.249 e. The largest absolute Gasteiger partial charge is 0.497 e. The van der Waals surface area contributed by atoms with Gasteiger partial charge in [-0.15, -0.1) is 0 Å². The highest BCUT2D eigenvalue weighted by Crippen LogP contribution is 2.23. The fourth-order valence-electron chi connectivity index (χ4n) is 4.35. The minimum absolute atomic E-state index is 0.281. The van der Waals surface area contributed by atoms with Crippen LogP contribution in [0.3, 0.4) is 0 Å². The second-order valence-corrected chi connectivity index (χ2v) is 7.88. The Morgan fingerprint density at radius 2 is 2.22 bits per heavy atom. The molecule has 0 bridgehead atoms. The summed E-state index contributed by atoms with van der Waals surface area (Å²) < 4.78 is 5.33. The fraction of sp³-hybridized carbons (Fsp3) is 0.609. The Bertz CT molecular complexity index is 656. The van der Waals surface area contributed by atoms with Gasteiger partial charge in [0.2, 0.25) is 5.91 Å². The first-order valence-corrected chi connectivity index (χ1v) is 10.5. The zero-order valence-electron chi connectivity index (χ0n) is 17.0. The number of hydrogen-bond donors (Lipinski definition) is 0. The molecule has 0 spiro atoms. The third-order valence-electron chi connectivity index (χ3n) is 5.92. The minimum atomic E-state index is 0.281. The summed E-state index contributed by atoms with van der Waals surface area (Å²) in [6, 6.07) is 8.37. The summed E-state index contributed by atoms with van der Waals surface area (Å²) in [7, 11) is 1.72. The first kappa shape index (κ1) is 19.9. The van der Waals surface area contributed by atoms with Crippen molar-refractivity contribution in [1.82, 2.24) is 9.80 Å². The number of likely N-dealkylation sites (tertiary alicyclic amines) is 1. The molecule has 1 amide bonds. The highest BCUT2D eigenvalue weighted by atomic mass is 16.5. The molecule has 1 saturated heterocycles. The van der Waals surface area contributed by atoms with Crippen molar-refractivity contribution in [2.45, 2.75) is 45.4 Å². The van der Waals surface area contributed by atoms with Gasteiger partial charge in [-0.3, -0.25) is 4.79 Å². The fourth-order valence-corrected chi connectivity index (χ4v) is 4.35. The van der Waals surface area contributed by atoms with Gasteiger partial charge in [-0.1, -0.05) is 18.2 Å². The van der Waals surface area contributed by atoms with Crippen molar-refractivity contribution >= 4 is 5.91 Å². The summed E-state index contributed by atoms with van der Waals surface area (Å²) in [5, 5.41) is 0. The molecule has 1 aromatic carbocycles. The molecule has 1 aromatic rings. The average molecular weight is 371 g/mol. The molecule has 1 aliphatic heterocycles. The number of nitrogens with zero attached hydrogens (tertiary/aromatic N) is 2. The molecule has 2 aliphatic rings. The molecule has 1 fully saturated rings. The predicted molar refractivity (Wildman–Crippen MR) is 110 cm³/mol. The summed E-state index contributed by atoms with van der Waals surface area (Å²) >= 11 is 0. The molecule has 0 unspecified atom stereocenters. The van der Waals surface area contributed by atoms with Crippen LogP contribution in [0.2, 0.25) is 0 Å². The third kappa shape index (κ3) is 5.58. The Balaban J connectivity index is 1.50. The van der Waals surface area contributed by atoms with E-state index in [0.29, 0.717) is 5.92 Å². The van der Waals surface area contributed by atoms with Crippen LogP contribution in [0.15, 0.2) is 35.9 Å². The van der Waals surface area contributed by atoms with Crippen molar-refractivity contribution in [3.8, 4) is 5.75 Å². The van der Waals surface area contributed by atoms with E-state index in [1.165, 1.54) is 24.9 Å². The predicted octanol–water partition coefficient (Wildman–Crippen LogP) is 3.91. The van der Waals surface area contributed by atoms with Gasteiger partial charge < -0.3 is 14.5 Å². The van der Waals surface area contributed by atoms with Crippen LogP contribution in [-0.4, -0.2) is 55.5 Å². The number of piperidine rings is 1. The molecule has 3 rings (SSSR count). The van der Waals surface area contributed by atoms with Gasteiger partial charge in [0.1, 0.15) is 5.75 Å².